The Bertz CT molecular complexity index is 740. The van der Waals surface area contributed by atoms with Gasteiger partial charge >= 0.3 is 0 Å². The number of benzene rings is 2. The summed E-state index contributed by atoms with van der Waals surface area (Å²) in [5.41, 5.74) is 9.81. The van der Waals surface area contributed by atoms with Crippen LogP contribution in [-0.4, -0.2) is 17.4 Å². The molecule has 0 radical (unpaired) electrons. The molecule has 1 amide bonds. The molecule has 1 aliphatic rings. The highest BCUT2D eigenvalue weighted by atomic mass is 35.5. The number of hydrogen-bond donors (Lipinski definition) is 1. The molecule has 2 N–H and O–H groups in total. The largest absolute Gasteiger partial charge is 0.398 e. The second kappa shape index (κ2) is 6.42. The molecule has 2 aromatic carbocycles. The first kappa shape index (κ1) is 16.2. The van der Waals surface area contributed by atoms with E-state index >= 15 is 0 Å². The van der Waals surface area contributed by atoms with E-state index in [1.54, 1.807) is 18.2 Å². The fraction of sp³-hybridized carbons (Fsp3) is 0.278. The normalized spacial score (nSPS) is 17.0. The summed E-state index contributed by atoms with van der Waals surface area (Å²) < 4.78 is 0. The molecule has 0 aliphatic carbocycles. The van der Waals surface area contributed by atoms with Crippen LogP contribution in [0, 0.1) is 0 Å². The Morgan fingerprint density at radius 3 is 2.57 bits per heavy atom. The van der Waals surface area contributed by atoms with Gasteiger partial charge < -0.3 is 10.6 Å². The molecule has 3 rings (SSSR count). The first-order chi connectivity index (χ1) is 11.0. The van der Waals surface area contributed by atoms with Crippen molar-refractivity contribution in [3.63, 3.8) is 0 Å². The zero-order valence-corrected chi connectivity index (χ0v) is 14.4. The molecular weight excluding hydrogens is 331 g/mol. The Hall–Kier alpha value is -1.71. The summed E-state index contributed by atoms with van der Waals surface area (Å²) in [6.45, 7) is 2.69. The highest BCUT2D eigenvalue weighted by Crippen LogP contribution is 2.33. The number of carbonyl (C=O) groups excluding carboxylic acids is 1. The molecule has 0 saturated carbocycles. The third-order valence-corrected chi connectivity index (χ3v) is 5.19. The lowest BCUT2D eigenvalue weighted by Gasteiger charge is -2.36. The van der Waals surface area contributed by atoms with E-state index in [-0.39, 0.29) is 18.4 Å². The smallest absolute Gasteiger partial charge is 0.227 e. The third kappa shape index (κ3) is 3.04. The molecule has 0 saturated heterocycles. The van der Waals surface area contributed by atoms with E-state index in [1.807, 2.05) is 30.0 Å². The van der Waals surface area contributed by atoms with E-state index in [4.69, 9.17) is 28.9 Å². The number of anilines is 1. The number of amides is 1. The van der Waals surface area contributed by atoms with E-state index in [0.717, 1.165) is 23.2 Å². The van der Waals surface area contributed by atoms with Gasteiger partial charge in [0.2, 0.25) is 5.91 Å². The molecule has 0 fully saturated rings. The zero-order chi connectivity index (χ0) is 16.6. The summed E-state index contributed by atoms with van der Waals surface area (Å²) in [4.78, 5) is 14.6. The summed E-state index contributed by atoms with van der Waals surface area (Å²) >= 11 is 12.4. The molecule has 1 heterocycles. The lowest BCUT2D eigenvalue weighted by atomic mass is 9.92. The molecule has 1 aliphatic heterocycles. The number of halogens is 2. The second-order valence-electron chi connectivity index (χ2n) is 5.81. The average molecular weight is 349 g/mol. The highest BCUT2D eigenvalue weighted by molar-refractivity contribution is 6.36. The number of rotatable bonds is 2. The first-order valence-corrected chi connectivity index (χ1v) is 8.34. The Labute approximate surface area is 146 Å². The molecule has 0 spiro atoms. The number of fused-ring (bicyclic) bond motifs is 1. The molecule has 0 aromatic heterocycles. The molecule has 5 heteroatoms. The molecule has 0 bridgehead atoms. The van der Waals surface area contributed by atoms with Crippen LogP contribution in [0.3, 0.4) is 0 Å². The number of nitrogens with zero attached hydrogens (tertiary/aromatic N) is 1. The van der Waals surface area contributed by atoms with Gasteiger partial charge in [0, 0.05) is 22.3 Å². The summed E-state index contributed by atoms with van der Waals surface area (Å²) in [6.07, 6.45) is 0.981. The Morgan fingerprint density at radius 2 is 1.87 bits per heavy atom. The highest BCUT2D eigenvalue weighted by Gasteiger charge is 2.29. The minimum atomic E-state index is -0.00369. The standard InChI is InChI=1S/C18H18Cl2N2O/c1-11-12-4-2-7-17(21)13(12)8-9-22(11)18(23)10-14-15(19)5-3-6-16(14)20/h2-7,11H,8-10,21H2,1H3. The lowest BCUT2D eigenvalue weighted by molar-refractivity contribution is -0.133. The average Bonchev–Trinajstić information content (AvgIpc) is 2.52. The van der Waals surface area contributed by atoms with Crippen LogP contribution in [0.25, 0.3) is 0 Å². The number of carbonyl (C=O) groups is 1. The number of nitrogen functional groups attached to an aromatic ring is 1. The van der Waals surface area contributed by atoms with Crippen molar-refractivity contribution < 1.29 is 4.79 Å². The summed E-state index contributed by atoms with van der Waals surface area (Å²) in [5.74, 6) is 0.0283. The van der Waals surface area contributed by atoms with Crippen LogP contribution in [0.4, 0.5) is 5.69 Å². The first-order valence-electron chi connectivity index (χ1n) is 7.58. The summed E-state index contributed by atoms with van der Waals surface area (Å²) in [7, 11) is 0. The molecule has 120 valence electrons. The van der Waals surface area contributed by atoms with E-state index in [9.17, 15) is 4.79 Å². The molecule has 1 unspecified atom stereocenters. The van der Waals surface area contributed by atoms with Gasteiger partial charge in [-0.3, -0.25) is 4.79 Å². The maximum absolute atomic E-state index is 12.8. The van der Waals surface area contributed by atoms with Gasteiger partial charge in [-0.15, -0.1) is 0 Å². The van der Waals surface area contributed by atoms with Gasteiger partial charge in [0.1, 0.15) is 0 Å². The lowest BCUT2D eigenvalue weighted by Crippen LogP contribution is -2.40. The number of nitrogens with two attached hydrogens (primary N) is 1. The van der Waals surface area contributed by atoms with Crippen molar-refractivity contribution in [3.05, 3.63) is 63.1 Å². The maximum Gasteiger partial charge on any atom is 0.227 e. The summed E-state index contributed by atoms with van der Waals surface area (Å²) in [6, 6.07) is 11.2. The van der Waals surface area contributed by atoms with Crippen molar-refractivity contribution >= 4 is 34.8 Å². The molecule has 2 aromatic rings. The van der Waals surface area contributed by atoms with E-state index in [2.05, 4.69) is 0 Å². The van der Waals surface area contributed by atoms with E-state index < -0.39 is 0 Å². The monoisotopic (exact) mass is 348 g/mol. The summed E-state index contributed by atoms with van der Waals surface area (Å²) in [5, 5.41) is 1.06. The Kier molecular flexibility index (Phi) is 4.51. The van der Waals surface area contributed by atoms with Crippen LogP contribution in [0.5, 0.6) is 0 Å². The predicted molar refractivity (Wildman–Crippen MR) is 94.9 cm³/mol. The van der Waals surface area contributed by atoms with Crippen LogP contribution < -0.4 is 5.73 Å². The van der Waals surface area contributed by atoms with E-state index in [0.29, 0.717) is 22.2 Å². The van der Waals surface area contributed by atoms with Gasteiger partial charge in [0.05, 0.1) is 12.5 Å². The number of hydrogen-bond acceptors (Lipinski definition) is 2. The van der Waals surface area contributed by atoms with Gasteiger partial charge in [-0.05, 0) is 48.2 Å². The van der Waals surface area contributed by atoms with Gasteiger partial charge in [-0.25, -0.2) is 0 Å². The van der Waals surface area contributed by atoms with Gasteiger partial charge in [0.25, 0.3) is 0 Å². The minimum absolute atomic E-state index is 0.00369. The molecule has 3 nitrogen and oxygen atoms in total. The van der Waals surface area contributed by atoms with Gasteiger partial charge in [-0.2, -0.15) is 0 Å². The van der Waals surface area contributed by atoms with Gasteiger partial charge in [0.15, 0.2) is 0 Å². The SMILES string of the molecule is CC1c2cccc(N)c2CCN1C(=O)Cc1c(Cl)cccc1Cl. The van der Waals surface area contributed by atoms with Crippen LogP contribution in [0.15, 0.2) is 36.4 Å². The van der Waals surface area contributed by atoms with Crippen molar-refractivity contribution in [1.82, 2.24) is 4.90 Å². The Morgan fingerprint density at radius 1 is 1.22 bits per heavy atom. The maximum atomic E-state index is 12.8. The molecule has 1 atom stereocenters. The minimum Gasteiger partial charge on any atom is -0.398 e. The third-order valence-electron chi connectivity index (χ3n) is 4.48. The van der Waals surface area contributed by atoms with Crippen molar-refractivity contribution in [2.45, 2.75) is 25.8 Å². The van der Waals surface area contributed by atoms with Gasteiger partial charge in [-0.1, -0.05) is 41.4 Å². The van der Waals surface area contributed by atoms with Crippen molar-refractivity contribution in [1.29, 1.82) is 0 Å². The molecular formula is C18H18Cl2N2O. The van der Waals surface area contributed by atoms with Crippen molar-refractivity contribution in [3.8, 4) is 0 Å². The molecule has 23 heavy (non-hydrogen) atoms. The van der Waals surface area contributed by atoms with Crippen LogP contribution in [0.2, 0.25) is 10.0 Å². The quantitative estimate of drug-likeness (QED) is 0.824. The zero-order valence-electron chi connectivity index (χ0n) is 12.9. The van der Waals surface area contributed by atoms with Crippen molar-refractivity contribution in [2.75, 3.05) is 12.3 Å². The predicted octanol–water partition coefficient (Wildman–Crippen LogP) is 4.26. The van der Waals surface area contributed by atoms with Crippen LogP contribution in [-0.2, 0) is 17.6 Å². The van der Waals surface area contributed by atoms with Crippen LogP contribution >= 0.6 is 23.2 Å². The topological polar surface area (TPSA) is 46.3 Å². The van der Waals surface area contributed by atoms with Crippen LogP contribution in [0.1, 0.15) is 29.7 Å². The fourth-order valence-corrected chi connectivity index (χ4v) is 3.72. The van der Waals surface area contributed by atoms with E-state index in [1.165, 1.54) is 0 Å². The fourth-order valence-electron chi connectivity index (χ4n) is 3.19. The Balaban J connectivity index is 1.84. The second-order valence-corrected chi connectivity index (χ2v) is 6.62. The van der Waals surface area contributed by atoms with Crippen molar-refractivity contribution in [2.24, 2.45) is 0 Å².